The minimum atomic E-state index is 0. The summed E-state index contributed by atoms with van der Waals surface area (Å²) in [6.07, 6.45) is 3.30. The van der Waals surface area contributed by atoms with Crippen LogP contribution >= 0.6 is 24.0 Å². The fourth-order valence-electron chi connectivity index (χ4n) is 1.60. The highest BCUT2D eigenvalue weighted by Crippen LogP contribution is 1.89. The second-order valence-corrected chi connectivity index (χ2v) is 4.75. The van der Waals surface area contributed by atoms with E-state index in [1.54, 1.807) is 0 Å². The van der Waals surface area contributed by atoms with Crippen LogP contribution in [-0.4, -0.2) is 64.3 Å². The van der Waals surface area contributed by atoms with Crippen molar-refractivity contribution in [1.82, 2.24) is 15.5 Å². The molecule has 5 nitrogen and oxygen atoms in total. The Morgan fingerprint density at radius 3 is 2.45 bits per heavy atom. The Bertz CT molecular complexity index is 225. The van der Waals surface area contributed by atoms with Crippen LogP contribution in [0, 0.1) is 0 Å². The molecule has 0 amide bonds. The monoisotopic (exact) mass is 400 g/mol. The summed E-state index contributed by atoms with van der Waals surface area (Å²) in [6.45, 7) is 9.58. The molecule has 122 valence electrons. The first-order chi connectivity index (χ1) is 9.20. The third-order valence-corrected chi connectivity index (χ3v) is 2.59. The molecular formula is C14H33IN4O. The molecule has 0 aliphatic carbocycles. The van der Waals surface area contributed by atoms with E-state index in [1.165, 1.54) is 0 Å². The predicted octanol–water partition coefficient (Wildman–Crippen LogP) is 1.93. The highest BCUT2D eigenvalue weighted by Gasteiger charge is 1.96. The number of aliphatic imine (C=N–C) groups is 1. The molecule has 0 fully saturated rings. The molecule has 0 atom stereocenters. The Kier molecular flexibility index (Phi) is 18.8. The van der Waals surface area contributed by atoms with Crippen LogP contribution in [0.5, 0.6) is 0 Å². The first-order valence-electron chi connectivity index (χ1n) is 7.45. The predicted molar refractivity (Wildman–Crippen MR) is 98.3 cm³/mol. The topological polar surface area (TPSA) is 48.9 Å². The van der Waals surface area contributed by atoms with Crippen molar-refractivity contribution in [2.45, 2.75) is 33.1 Å². The summed E-state index contributed by atoms with van der Waals surface area (Å²) >= 11 is 0. The van der Waals surface area contributed by atoms with Crippen LogP contribution in [0.25, 0.3) is 0 Å². The van der Waals surface area contributed by atoms with Gasteiger partial charge in [0.05, 0.1) is 0 Å². The van der Waals surface area contributed by atoms with Gasteiger partial charge in [0.25, 0.3) is 0 Å². The summed E-state index contributed by atoms with van der Waals surface area (Å²) in [4.78, 5) is 6.74. The SMILES string of the molecule is CCNC(=NCCCN(C)C)NCCCCOCC.I. The van der Waals surface area contributed by atoms with E-state index in [0.717, 1.165) is 64.6 Å². The zero-order valence-electron chi connectivity index (χ0n) is 13.6. The summed E-state index contributed by atoms with van der Waals surface area (Å²) in [5.74, 6) is 0.928. The number of guanidine groups is 1. The lowest BCUT2D eigenvalue weighted by molar-refractivity contribution is 0.143. The van der Waals surface area contributed by atoms with Gasteiger partial charge in [-0.2, -0.15) is 0 Å². The van der Waals surface area contributed by atoms with E-state index in [2.05, 4.69) is 41.5 Å². The molecule has 0 heterocycles. The number of ether oxygens (including phenoxy) is 1. The van der Waals surface area contributed by atoms with Crippen molar-refractivity contribution in [3.05, 3.63) is 0 Å². The van der Waals surface area contributed by atoms with Crippen molar-refractivity contribution in [2.24, 2.45) is 4.99 Å². The van der Waals surface area contributed by atoms with E-state index in [1.807, 2.05) is 6.92 Å². The molecule has 0 aliphatic rings. The van der Waals surface area contributed by atoms with Crippen LogP contribution in [0.15, 0.2) is 4.99 Å². The number of nitrogens with zero attached hydrogens (tertiary/aromatic N) is 2. The molecule has 0 aliphatic heterocycles. The van der Waals surface area contributed by atoms with E-state index < -0.39 is 0 Å². The maximum atomic E-state index is 5.31. The van der Waals surface area contributed by atoms with Gasteiger partial charge in [-0.15, -0.1) is 24.0 Å². The maximum absolute atomic E-state index is 5.31. The molecule has 0 unspecified atom stereocenters. The highest BCUT2D eigenvalue weighted by molar-refractivity contribution is 14.0. The third kappa shape index (κ3) is 16.0. The number of hydrogen-bond acceptors (Lipinski definition) is 3. The fourth-order valence-corrected chi connectivity index (χ4v) is 1.60. The van der Waals surface area contributed by atoms with E-state index in [0.29, 0.717) is 0 Å². The number of rotatable bonds is 11. The summed E-state index contributed by atoms with van der Waals surface area (Å²) in [5.41, 5.74) is 0. The minimum absolute atomic E-state index is 0. The van der Waals surface area contributed by atoms with Gasteiger partial charge >= 0.3 is 0 Å². The van der Waals surface area contributed by atoms with E-state index >= 15 is 0 Å². The second kappa shape index (κ2) is 17.0. The first-order valence-corrected chi connectivity index (χ1v) is 7.45. The smallest absolute Gasteiger partial charge is 0.191 e. The Morgan fingerprint density at radius 2 is 1.85 bits per heavy atom. The lowest BCUT2D eigenvalue weighted by atomic mass is 10.3. The van der Waals surface area contributed by atoms with Crippen molar-refractivity contribution < 1.29 is 4.74 Å². The molecule has 0 radical (unpaired) electrons. The summed E-state index contributed by atoms with van der Waals surface area (Å²) < 4.78 is 5.31. The largest absolute Gasteiger partial charge is 0.382 e. The van der Waals surface area contributed by atoms with Gasteiger partial charge in [0.15, 0.2) is 5.96 Å². The number of hydrogen-bond donors (Lipinski definition) is 2. The van der Waals surface area contributed by atoms with Crippen LogP contribution in [0.4, 0.5) is 0 Å². The zero-order chi connectivity index (χ0) is 14.3. The summed E-state index contributed by atoms with van der Waals surface area (Å²) in [5, 5.41) is 6.62. The average molecular weight is 400 g/mol. The Balaban J connectivity index is 0. The average Bonchev–Trinajstić information content (AvgIpc) is 2.38. The van der Waals surface area contributed by atoms with E-state index in [4.69, 9.17) is 4.74 Å². The van der Waals surface area contributed by atoms with Gasteiger partial charge in [-0.3, -0.25) is 4.99 Å². The van der Waals surface area contributed by atoms with Gasteiger partial charge in [0.2, 0.25) is 0 Å². The number of unbranched alkanes of at least 4 members (excludes halogenated alkanes) is 1. The maximum Gasteiger partial charge on any atom is 0.191 e. The third-order valence-electron chi connectivity index (χ3n) is 2.59. The number of halogens is 1. The second-order valence-electron chi connectivity index (χ2n) is 4.75. The zero-order valence-corrected chi connectivity index (χ0v) is 15.9. The van der Waals surface area contributed by atoms with Crippen molar-refractivity contribution in [1.29, 1.82) is 0 Å². The quantitative estimate of drug-likeness (QED) is 0.241. The van der Waals surface area contributed by atoms with Gasteiger partial charge in [-0.1, -0.05) is 0 Å². The van der Waals surface area contributed by atoms with Gasteiger partial charge in [-0.05, 0) is 53.8 Å². The Hall–Kier alpha value is -0.0800. The summed E-state index contributed by atoms with van der Waals surface area (Å²) in [7, 11) is 4.18. The van der Waals surface area contributed by atoms with Crippen molar-refractivity contribution >= 4 is 29.9 Å². The number of nitrogens with one attached hydrogen (secondary N) is 2. The van der Waals surface area contributed by atoms with E-state index in [9.17, 15) is 0 Å². The molecule has 0 rings (SSSR count). The molecule has 20 heavy (non-hydrogen) atoms. The molecule has 0 spiro atoms. The molecule has 0 saturated carbocycles. The van der Waals surface area contributed by atoms with E-state index in [-0.39, 0.29) is 24.0 Å². The van der Waals surface area contributed by atoms with Gasteiger partial charge in [0, 0.05) is 32.8 Å². The minimum Gasteiger partial charge on any atom is -0.382 e. The normalized spacial score (nSPS) is 11.3. The molecule has 0 aromatic rings. The standard InChI is InChI=1S/C14H32N4O.HI/c1-5-15-14(17-11-9-12-18(3)4)16-10-7-8-13-19-6-2;/h5-13H2,1-4H3,(H2,15,16,17);1H. The van der Waals surface area contributed by atoms with Gasteiger partial charge in [-0.25, -0.2) is 0 Å². The first kappa shape index (κ1) is 22.2. The van der Waals surface area contributed by atoms with Gasteiger partial charge < -0.3 is 20.3 Å². The Morgan fingerprint density at radius 1 is 1.10 bits per heavy atom. The van der Waals surface area contributed by atoms with Crippen LogP contribution in [0.3, 0.4) is 0 Å². The molecule has 0 saturated heterocycles. The van der Waals surface area contributed by atoms with Crippen LogP contribution < -0.4 is 10.6 Å². The fraction of sp³-hybridized carbons (Fsp3) is 0.929. The van der Waals surface area contributed by atoms with Gasteiger partial charge in [0.1, 0.15) is 0 Å². The molecule has 6 heteroatoms. The molecular weight excluding hydrogens is 367 g/mol. The van der Waals surface area contributed by atoms with Crippen LogP contribution in [-0.2, 0) is 4.74 Å². The van der Waals surface area contributed by atoms with Crippen LogP contribution in [0.2, 0.25) is 0 Å². The van der Waals surface area contributed by atoms with Crippen molar-refractivity contribution in [3.8, 4) is 0 Å². The molecule has 0 bridgehead atoms. The highest BCUT2D eigenvalue weighted by atomic mass is 127. The van der Waals surface area contributed by atoms with Crippen molar-refractivity contribution in [3.63, 3.8) is 0 Å². The molecule has 0 aromatic carbocycles. The lowest BCUT2D eigenvalue weighted by Gasteiger charge is -2.12. The van der Waals surface area contributed by atoms with Crippen LogP contribution in [0.1, 0.15) is 33.1 Å². The molecule has 0 aromatic heterocycles. The Labute approximate surface area is 141 Å². The lowest BCUT2D eigenvalue weighted by Crippen LogP contribution is -2.38. The summed E-state index contributed by atoms with van der Waals surface area (Å²) in [6, 6.07) is 0. The molecule has 2 N–H and O–H groups in total. The van der Waals surface area contributed by atoms with Crippen molar-refractivity contribution in [2.75, 3.05) is 53.5 Å².